The Bertz CT molecular complexity index is 258. The maximum absolute atomic E-state index is 10.7. The van der Waals surface area contributed by atoms with Crippen molar-refractivity contribution in [1.29, 1.82) is 0 Å². The smallest absolute Gasteiger partial charge is 0.236 e. The van der Waals surface area contributed by atoms with Crippen LogP contribution >= 0.6 is 0 Å². The summed E-state index contributed by atoms with van der Waals surface area (Å²) in [5.74, 6) is -1.36. The van der Waals surface area contributed by atoms with E-state index in [1.165, 1.54) is 12.2 Å². The van der Waals surface area contributed by atoms with Crippen LogP contribution in [-0.4, -0.2) is 17.9 Å². The van der Waals surface area contributed by atoms with Crippen molar-refractivity contribution in [2.24, 2.45) is 0 Å². The fourth-order valence-corrected chi connectivity index (χ4v) is 0.626. The number of ketones is 2. The van der Waals surface area contributed by atoms with Gasteiger partial charge in [0.1, 0.15) is 0 Å². The predicted octanol–water partition coefficient (Wildman–Crippen LogP) is -0.180. The van der Waals surface area contributed by atoms with Crippen molar-refractivity contribution in [2.45, 2.75) is 0 Å². The molecule has 0 aromatic carbocycles. The molecule has 0 saturated heterocycles. The van der Waals surface area contributed by atoms with Crippen LogP contribution < -0.4 is 0 Å². The van der Waals surface area contributed by atoms with Gasteiger partial charge in [0, 0.05) is 0 Å². The second-order valence-corrected chi connectivity index (χ2v) is 1.79. The van der Waals surface area contributed by atoms with Gasteiger partial charge in [-0.2, -0.15) is 0 Å². The van der Waals surface area contributed by atoms with Crippen molar-refractivity contribution >= 4 is 17.9 Å². The molecule has 10 heavy (non-hydrogen) atoms. The molecule has 0 fully saturated rings. The zero-order valence-electron chi connectivity index (χ0n) is 5.03. The highest BCUT2D eigenvalue weighted by Gasteiger charge is 2.17. The maximum atomic E-state index is 10.7. The molecule has 1 aliphatic rings. The molecule has 0 saturated carbocycles. The first-order valence-corrected chi connectivity index (χ1v) is 2.68. The third-order valence-corrected chi connectivity index (χ3v) is 1.14. The minimum atomic E-state index is -0.725. The number of aldehydes is 1. The Hall–Kier alpha value is -1.51. The fourth-order valence-electron chi connectivity index (χ4n) is 0.626. The molecule has 0 amide bonds. The Morgan fingerprint density at radius 2 is 2.00 bits per heavy atom. The van der Waals surface area contributed by atoms with Crippen molar-refractivity contribution < 1.29 is 14.4 Å². The van der Waals surface area contributed by atoms with Crippen LogP contribution in [0.25, 0.3) is 0 Å². The monoisotopic (exact) mass is 136 g/mol. The third-order valence-electron chi connectivity index (χ3n) is 1.14. The van der Waals surface area contributed by atoms with Gasteiger partial charge < -0.3 is 0 Å². The van der Waals surface area contributed by atoms with Gasteiger partial charge in [-0.25, -0.2) is 0 Å². The van der Waals surface area contributed by atoms with E-state index in [4.69, 9.17) is 0 Å². The lowest BCUT2D eigenvalue weighted by Crippen LogP contribution is -2.16. The Morgan fingerprint density at radius 3 is 2.50 bits per heavy atom. The molecule has 0 bridgehead atoms. The highest BCUT2D eigenvalue weighted by molar-refractivity contribution is 6.51. The summed E-state index contributed by atoms with van der Waals surface area (Å²) in [6, 6.07) is 0. The van der Waals surface area contributed by atoms with Gasteiger partial charge in [0.25, 0.3) is 0 Å². The average molecular weight is 136 g/mol. The first-order chi connectivity index (χ1) is 4.75. The lowest BCUT2D eigenvalue weighted by molar-refractivity contribution is -0.132. The van der Waals surface area contributed by atoms with Crippen LogP contribution in [0.4, 0.5) is 0 Å². The van der Waals surface area contributed by atoms with Gasteiger partial charge in [-0.3, -0.25) is 14.4 Å². The second kappa shape index (κ2) is 2.39. The van der Waals surface area contributed by atoms with Gasteiger partial charge in [0.05, 0.1) is 5.57 Å². The Balaban J connectivity index is 3.03. The molecule has 0 aliphatic heterocycles. The molecule has 3 nitrogen and oxygen atoms in total. The molecule has 0 radical (unpaired) electrons. The lowest BCUT2D eigenvalue weighted by atomic mass is 10.0. The third kappa shape index (κ3) is 0.932. The van der Waals surface area contributed by atoms with E-state index in [1.54, 1.807) is 0 Å². The standard InChI is InChI=1S/C7H4O3/c8-4-5-2-1-3-6(9)7(5)10/h1-4H. The molecule has 0 heterocycles. The van der Waals surface area contributed by atoms with Crippen LogP contribution in [0.1, 0.15) is 0 Å². The quantitative estimate of drug-likeness (QED) is 0.217. The van der Waals surface area contributed by atoms with E-state index in [0.717, 1.165) is 6.08 Å². The highest BCUT2D eigenvalue weighted by atomic mass is 16.2. The molecular weight excluding hydrogens is 132 g/mol. The van der Waals surface area contributed by atoms with Crippen LogP contribution in [0.2, 0.25) is 0 Å². The molecule has 0 aromatic heterocycles. The van der Waals surface area contributed by atoms with E-state index in [0.29, 0.717) is 6.29 Å². The number of carbonyl (C=O) groups excluding carboxylic acids is 3. The maximum Gasteiger partial charge on any atom is 0.236 e. The Labute approximate surface area is 57.0 Å². The number of carbonyl (C=O) groups is 3. The molecule has 0 N–H and O–H groups in total. The Kier molecular flexibility index (Phi) is 1.58. The van der Waals surface area contributed by atoms with E-state index in [-0.39, 0.29) is 5.57 Å². The van der Waals surface area contributed by atoms with Gasteiger partial charge in [0.15, 0.2) is 6.29 Å². The van der Waals surface area contributed by atoms with E-state index in [9.17, 15) is 14.4 Å². The van der Waals surface area contributed by atoms with Gasteiger partial charge in [-0.15, -0.1) is 0 Å². The normalized spacial score (nSPS) is 17.0. The van der Waals surface area contributed by atoms with Gasteiger partial charge in [-0.05, 0) is 12.2 Å². The van der Waals surface area contributed by atoms with Crippen molar-refractivity contribution in [3.05, 3.63) is 23.8 Å². The van der Waals surface area contributed by atoms with Gasteiger partial charge in [0.2, 0.25) is 11.6 Å². The first-order valence-electron chi connectivity index (χ1n) is 2.68. The largest absolute Gasteiger partial charge is 0.298 e. The van der Waals surface area contributed by atoms with E-state index in [1.807, 2.05) is 0 Å². The van der Waals surface area contributed by atoms with E-state index >= 15 is 0 Å². The topological polar surface area (TPSA) is 51.2 Å². The number of hydrogen-bond donors (Lipinski definition) is 0. The van der Waals surface area contributed by atoms with Crippen LogP contribution in [-0.2, 0) is 14.4 Å². The minimum absolute atomic E-state index is 0.0764. The van der Waals surface area contributed by atoms with Crippen LogP contribution in [0.5, 0.6) is 0 Å². The van der Waals surface area contributed by atoms with Crippen molar-refractivity contribution in [3.63, 3.8) is 0 Å². The molecule has 1 aliphatic carbocycles. The molecule has 0 spiro atoms. The van der Waals surface area contributed by atoms with Crippen molar-refractivity contribution in [2.75, 3.05) is 0 Å². The van der Waals surface area contributed by atoms with Crippen molar-refractivity contribution in [3.8, 4) is 0 Å². The van der Waals surface area contributed by atoms with E-state index in [2.05, 4.69) is 0 Å². The molecular formula is C7H4O3. The minimum Gasteiger partial charge on any atom is -0.298 e. The number of Topliss-reactive ketones (excluding diaryl/α,β-unsaturated/α-hetero) is 1. The first kappa shape index (κ1) is 6.61. The van der Waals surface area contributed by atoms with Gasteiger partial charge in [-0.1, -0.05) is 6.08 Å². The van der Waals surface area contributed by atoms with E-state index < -0.39 is 11.6 Å². The SMILES string of the molecule is O=CC1=CC=CC(=O)C1=O. The van der Waals surface area contributed by atoms with Gasteiger partial charge >= 0.3 is 0 Å². The molecule has 0 atom stereocenters. The highest BCUT2D eigenvalue weighted by Crippen LogP contribution is 2.01. The van der Waals surface area contributed by atoms with Crippen LogP contribution in [0.3, 0.4) is 0 Å². The average Bonchev–Trinajstić information content (AvgIpc) is 1.95. The zero-order valence-corrected chi connectivity index (χ0v) is 5.03. The van der Waals surface area contributed by atoms with Crippen LogP contribution in [0, 0.1) is 0 Å². The molecule has 0 unspecified atom stereocenters. The summed E-state index contributed by atoms with van der Waals surface area (Å²) in [5, 5.41) is 0. The lowest BCUT2D eigenvalue weighted by Gasteiger charge is -1.96. The molecule has 0 aromatic rings. The summed E-state index contributed by atoms with van der Waals surface area (Å²) in [7, 11) is 0. The summed E-state index contributed by atoms with van der Waals surface area (Å²) < 4.78 is 0. The second-order valence-electron chi connectivity index (χ2n) is 1.79. The van der Waals surface area contributed by atoms with Crippen molar-refractivity contribution in [1.82, 2.24) is 0 Å². The molecule has 50 valence electrons. The fraction of sp³-hybridized carbons (Fsp3) is 0. The summed E-state index contributed by atoms with van der Waals surface area (Å²) in [6.07, 6.45) is 4.21. The summed E-state index contributed by atoms with van der Waals surface area (Å²) in [6.45, 7) is 0. The number of allylic oxidation sites excluding steroid dienone is 4. The zero-order chi connectivity index (χ0) is 7.56. The van der Waals surface area contributed by atoms with Crippen LogP contribution in [0.15, 0.2) is 23.8 Å². The summed E-state index contributed by atoms with van der Waals surface area (Å²) in [5.41, 5.74) is -0.0764. The molecule has 3 heteroatoms. The summed E-state index contributed by atoms with van der Waals surface area (Å²) >= 11 is 0. The predicted molar refractivity (Wildman–Crippen MR) is 33.3 cm³/mol. The molecule has 1 rings (SSSR count). The number of hydrogen-bond acceptors (Lipinski definition) is 3. The number of rotatable bonds is 1. The Morgan fingerprint density at radius 1 is 1.30 bits per heavy atom. The summed E-state index contributed by atoms with van der Waals surface area (Å²) in [4.78, 5) is 31.2.